The fourth-order valence-electron chi connectivity index (χ4n) is 1.72. The first-order valence-corrected chi connectivity index (χ1v) is 5.24. The van der Waals surface area contributed by atoms with Crippen LogP contribution in [0.4, 0.5) is 0 Å². The zero-order chi connectivity index (χ0) is 11.4. The fourth-order valence-corrected chi connectivity index (χ4v) is 1.72. The first-order valence-electron chi connectivity index (χ1n) is 5.24. The number of para-hydroxylation sites is 1. The van der Waals surface area contributed by atoms with Gasteiger partial charge >= 0.3 is 0 Å². The SMILES string of the molecule is C=CCOCc1oc2ccccc2c1CN. The number of hydrogen-bond acceptors (Lipinski definition) is 3. The molecule has 0 aliphatic rings. The van der Waals surface area contributed by atoms with Crippen molar-refractivity contribution in [3.63, 3.8) is 0 Å². The average molecular weight is 217 g/mol. The molecule has 0 spiro atoms. The molecule has 0 saturated carbocycles. The molecule has 0 amide bonds. The van der Waals surface area contributed by atoms with Crippen molar-refractivity contribution < 1.29 is 9.15 Å². The predicted octanol–water partition coefficient (Wildman–Crippen LogP) is 2.59. The first kappa shape index (κ1) is 10.9. The lowest BCUT2D eigenvalue weighted by molar-refractivity contribution is 0.132. The summed E-state index contributed by atoms with van der Waals surface area (Å²) < 4.78 is 11.1. The third-order valence-corrected chi connectivity index (χ3v) is 2.45. The van der Waals surface area contributed by atoms with E-state index in [1.165, 1.54) is 0 Å². The minimum atomic E-state index is 0.438. The highest BCUT2D eigenvalue weighted by atomic mass is 16.5. The molecule has 0 radical (unpaired) electrons. The van der Waals surface area contributed by atoms with Crippen LogP contribution in [-0.2, 0) is 17.9 Å². The topological polar surface area (TPSA) is 48.4 Å². The molecule has 0 bridgehead atoms. The summed E-state index contributed by atoms with van der Waals surface area (Å²) in [7, 11) is 0. The van der Waals surface area contributed by atoms with Gasteiger partial charge in [-0.1, -0.05) is 24.3 Å². The van der Waals surface area contributed by atoms with Gasteiger partial charge in [-0.2, -0.15) is 0 Å². The molecule has 3 nitrogen and oxygen atoms in total. The monoisotopic (exact) mass is 217 g/mol. The summed E-state index contributed by atoms with van der Waals surface area (Å²) in [5.41, 5.74) is 7.62. The number of nitrogens with two attached hydrogens (primary N) is 1. The van der Waals surface area contributed by atoms with Gasteiger partial charge in [0.15, 0.2) is 0 Å². The molecule has 0 aliphatic heterocycles. The summed E-state index contributed by atoms with van der Waals surface area (Å²) in [5.74, 6) is 0.811. The van der Waals surface area contributed by atoms with Crippen molar-refractivity contribution >= 4 is 11.0 Å². The normalized spacial score (nSPS) is 10.8. The molecule has 0 fully saturated rings. The van der Waals surface area contributed by atoms with Gasteiger partial charge < -0.3 is 14.9 Å². The van der Waals surface area contributed by atoms with Gasteiger partial charge in [0.1, 0.15) is 18.0 Å². The molecule has 1 aromatic carbocycles. The van der Waals surface area contributed by atoms with Crippen LogP contribution in [0.15, 0.2) is 41.3 Å². The van der Waals surface area contributed by atoms with Crippen LogP contribution in [0, 0.1) is 0 Å². The Morgan fingerprint density at radius 3 is 2.94 bits per heavy atom. The van der Waals surface area contributed by atoms with Crippen LogP contribution in [0.5, 0.6) is 0 Å². The molecule has 0 aliphatic carbocycles. The molecule has 16 heavy (non-hydrogen) atoms. The molecule has 2 aromatic rings. The molecule has 2 N–H and O–H groups in total. The van der Waals surface area contributed by atoms with Crippen molar-refractivity contribution in [2.24, 2.45) is 5.73 Å². The van der Waals surface area contributed by atoms with E-state index in [1.807, 2.05) is 24.3 Å². The van der Waals surface area contributed by atoms with E-state index in [1.54, 1.807) is 6.08 Å². The minimum absolute atomic E-state index is 0.438. The zero-order valence-corrected chi connectivity index (χ0v) is 9.11. The molecule has 0 unspecified atom stereocenters. The largest absolute Gasteiger partial charge is 0.458 e. The van der Waals surface area contributed by atoms with E-state index in [0.29, 0.717) is 19.8 Å². The summed E-state index contributed by atoms with van der Waals surface area (Å²) in [4.78, 5) is 0. The van der Waals surface area contributed by atoms with E-state index < -0.39 is 0 Å². The van der Waals surface area contributed by atoms with Gasteiger partial charge in [-0.05, 0) is 6.07 Å². The van der Waals surface area contributed by atoms with Crippen molar-refractivity contribution in [2.45, 2.75) is 13.2 Å². The molecule has 3 heteroatoms. The predicted molar refractivity (Wildman–Crippen MR) is 64.0 cm³/mol. The second kappa shape index (κ2) is 4.96. The number of benzene rings is 1. The number of ether oxygens (including phenoxy) is 1. The summed E-state index contributed by atoms with van der Waals surface area (Å²) >= 11 is 0. The molecule has 2 rings (SSSR count). The van der Waals surface area contributed by atoms with Crippen LogP contribution in [0.3, 0.4) is 0 Å². The van der Waals surface area contributed by atoms with Gasteiger partial charge in [-0.3, -0.25) is 0 Å². The van der Waals surface area contributed by atoms with Gasteiger partial charge in [0.2, 0.25) is 0 Å². The Labute approximate surface area is 94.5 Å². The minimum Gasteiger partial charge on any atom is -0.458 e. The highest BCUT2D eigenvalue weighted by Gasteiger charge is 2.11. The van der Waals surface area contributed by atoms with Crippen molar-refractivity contribution in [3.8, 4) is 0 Å². The fraction of sp³-hybridized carbons (Fsp3) is 0.231. The Balaban J connectivity index is 2.32. The Kier molecular flexibility index (Phi) is 3.39. The molecule has 0 saturated heterocycles. The number of rotatable bonds is 5. The van der Waals surface area contributed by atoms with Crippen LogP contribution in [0.1, 0.15) is 11.3 Å². The molecular weight excluding hydrogens is 202 g/mol. The third kappa shape index (κ3) is 2.01. The lowest BCUT2D eigenvalue weighted by Gasteiger charge is -2.00. The van der Waals surface area contributed by atoms with Gasteiger partial charge in [0.25, 0.3) is 0 Å². The summed E-state index contributed by atoms with van der Waals surface area (Å²) in [5, 5.41) is 1.07. The molecular formula is C13H15NO2. The number of fused-ring (bicyclic) bond motifs is 1. The smallest absolute Gasteiger partial charge is 0.135 e. The Morgan fingerprint density at radius 2 is 2.19 bits per heavy atom. The van der Waals surface area contributed by atoms with E-state index in [2.05, 4.69) is 6.58 Å². The lowest BCUT2D eigenvalue weighted by Crippen LogP contribution is -2.00. The zero-order valence-electron chi connectivity index (χ0n) is 9.11. The Bertz CT molecular complexity index is 488. The third-order valence-electron chi connectivity index (χ3n) is 2.45. The van der Waals surface area contributed by atoms with Crippen molar-refractivity contribution in [1.29, 1.82) is 0 Å². The molecule has 0 atom stereocenters. The highest BCUT2D eigenvalue weighted by molar-refractivity contribution is 5.82. The Hall–Kier alpha value is -1.58. The number of furan rings is 1. The van der Waals surface area contributed by atoms with Crippen LogP contribution < -0.4 is 5.73 Å². The van der Waals surface area contributed by atoms with Crippen LogP contribution in [0.25, 0.3) is 11.0 Å². The average Bonchev–Trinajstić information content (AvgIpc) is 2.67. The van der Waals surface area contributed by atoms with Gasteiger partial charge in [-0.15, -0.1) is 6.58 Å². The second-order valence-electron chi connectivity index (χ2n) is 3.51. The van der Waals surface area contributed by atoms with E-state index in [4.69, 9.17) is 14.9 Å². The molecule has 1 heterocycles. The second-order valence-corrected chi connectivity index (χ2v) is 3.51. The van der Waals surface area contributed by atoms with Crippen LogP contribution >= 0.6 is 0 Å². The molecule has 1 aromatic heterocycles. The van der Waals surface area contributed by atoms with E-state index >= 15 is 0 Å². The van der Waals surface area contributed by atoms with Crippen molar-refractivity contribution in [3.05, 3.63) is 48.2 Å². The summed E-state index contributed by atoms with van der Waals surface area (Å²) in [6.45, 7) is 5.01. The quantitative estimate of drug-likeness (QED) is 0.618. The maximum absolute atomic E-state index is 5.73. The summed E-state index contributed by atoms with van der Waals surface area (Å²) in [6.07, 6.45) is 1.71. The maximum atomic E-state index is 5.73. The Morgan fingerprint density at radius 1 is 1.38 bits per heavy atom. The van der Waals surface area contributed by atoms with Crippen LogP contribution in [0.2, 0.25) is 0 Å². The number of hydrogen-bond donors (Lipinski definition) is 1. The van der Waals surface area contributed by atoms with Crippen molar-refractivity contribution in [1.82, 2.24) is 0 Å². The standard InChI is InChI=1S/C13H15NO2/c1-2-7-15-9-13-11(8-14)10-5-3-4-6-12(10)16-13/h2-6H,1,7-9,14H2. The van der Waals surface area contributed by atoms with E-state index in [9.17, 15) is 0 Å². The first-order chi connectivity index (χ1) is 7.86. The lowest BCUT2D eigenvalue weighted by atomic mass is 10.1. The van der Waals surface area contributed by atoms with E-state index in [0.717, 1.165) is 22.3 Å². The van der Waals surface area contributed by atoms with Gasteiger partial charge in [0.05, 0.1) is 6.61 Å². The molecule has 84 valence electrons. The maximum Gasteiger partial charge on any atom is 0.135 e. The van der Waals surface area contributed by atoms with Gasteiger partial charge in [-0.25, -0.2) is 0 Å². The van der Waals surface area contributed by atoms with E-state index in [-0.39, 0.29) is 0 Å². The van der Waals surface area contributed by atoms with Gasteiger partial charge in [0, 0.05) is 17.5 Å². The summed E-state index contributed by atoms with van der Waals surface area (Å²) in [6, 6.07) is 7.87. The van der Waals surface area contributed by atoms with Crippen LogP contribution in [-0.4, -0.2) is 6.61 Å². The van der Waals surface area contributed by atoms with Crippen molar-refractivity contribution in [2.75, 3.05) is 6.61 Å². The highest BCUT2D eigenvalue weighted by Crippen LogP contribution is 2.25.